The van der Waals surface area contributed by atoms with Crippen molar-refractivity contribution in [3.63, 3.8) is 0 Å². The van der Waals surface area contributed by atoms with Gasteiger partial charge in [0.2, 0.25) is 0 Å². The van der Waals surface area contributed by atoms with Crippen molar-refractivity contribution in [3.05, 3.63) is 0 Å². The molecule has 0 aliphatic rings. The van der Waals surface area contributed by atoms with Crippen molar-refractivity contribution in [2.75, 3.05) is 0 Å². The minimum atomic E-state index is -1.07. The van der Waals surface area contributed by atoms with E-state index in [9.17, 15) is 0 Å². The first-order valence-corrected chi connectivity index (χ1v) is 22.9. The Balaban J connectivity index is 5.43. The van der Waals surface area contributed by atoms with Gasteiger partial charge in [0.1, 0.15) is 0 Å². The fraction of sp³-hybridized carbons (Fsp3) is 1.00. The first-order valence-electron chi connectivity index (χ1n) is 7.63. The molecule has 0 aliphatic heterocycles. The molecule has 0 unspecified atom stereocenters. The van der Waals surface area contributed by atoms with Gasteiger partial charge in [0.05, 0.1) is 32.3 Å². The largest absolute Gasteiger partial charge is 0.167 e. The van der Waals surface area contributed by atoms with Gasteiger partial charge >= 0.3 is 0 Å². The zero-order valence-electron chi connectivity index (χ0n) is 15.6. The Hall–Kier alpha value is 1.22. The lowest BCUT2D eigenvalue weighted by Gasteiger charge is -2.46. The quantitative estimate of drug-likeness (QED) is 0.532. The van der Waals surface area contributed by atoms with E-state index in [0.29, 0.717) is 0 Å². The van der Waals surface area contributed by atoms with Crippen LogP contribution in [0.3, 0.4) is 0 Å². The van der Waals surface area contributed by atoms with Gasteiger partial charge in [-0.1, -0.05) is 78.6 Å². The second kappa shape index (κ2) is 6.14. The summed E-state index contributed by atoms with van der Waals surface area (Å²) >= 11 is 2.46. The SMILES string of the molecule is C[Si](C)(C)C(SC([Si](C)(C)C)[Si](C)(C)C)[Si](C)(C)C. The van der Waals surface area contributed by atoms with Gasteiger partial charge in [-0.05, 0) is 8.99 Å². The number of rotatable bonds is 6. The van der Waals surface area contributed by atoms with E-state index in [0.717, 1.165) is 8.99 Å². The lowest BCUT2D eigenvalue weighted by Crippen LogP contribution is -2.58. The van der Waals surface area contributed by atoms with Crippen molar-refractivity contribution in [2.45, 2.75) is 87.6 Å². The molecular weight excluding hydrogens is 313 g/mol. The van der Waals surface area contributed by atoms with Gasteiger partial charge in [-0.15, -0.1) is 0 Å². The molecular formula is C14H38SSi4. The van der Waals surface area contributed by atoms with Crippen LogP contribution in [-0.2, 0) is 0 Å². The third kappa shape index (κ3) is 6.67. The van der Waals surface area contributed by atoms with E-state index in [1.54, 1.807) is 0 Å². The second-order valence-corrected chi connectivity index (χ2v) is 35.6. The molecule has 0 aromatic rings. The maximum absolute atomic E-state index is 2.59. The minimum Gasteiger partial charge on any atom is -0.167 e. The molecule has 0 aliphatic carbocycles. The van der Waals surface area contributed by atoms with Crippen LogP contribution in [0.25, 0.3) is 0 Å². The normalized spacial score (nSPS) is 15.5. The van der Waals surface area contributed by atoms with E-state index in [1.807, 2.05) is 0 Å². The van der Waals surface area contributed by atoms with E-state index in [1.165, 1.54) is 0 Å². The Bertz CT molecular complexity index is 231. The highest BCUT2D eigenvalue weighted by atomic mass is 32.2. The Labute approximate surface area is 131 Å². The Morgan fingerprint density at radius 2 is 0.579 bits per heavy atom. The molecule has 116 valence electrons. The third-order valence-electron chi connectivity index (χ3n) is 3.42. The van der Waals surface area contributed by atoms with Crippen LogP contribution >= 0.6 is 11.8 Å². The van der Waals surface area contributed by atoms with Crippen LogP contribution in [0.2, 0.25) is 78.6 Å². The van der Waals surface area contributed by atoms with Crippen LogP contribution < -0.4 is 0 Å². The van der Waals surface area contributed by atoms with Crippen molar-refractivity contribution in [3.8, 4) is 0 Å². The summed E-state index contributed by atoms with van der Waals surface area (Å²) < 4.78 is 2.01. The predicted octanol–water partition coefficient (Wildman–Crippen LogP) is 5.97. The summed E-state index contributed by atoms with van der Waals surface area (Å²) in [5.41, 5.74) is 0. The molecule has 0 aromatic heterocycles. The van der Waals surface area contributed by atoms with Gasteiger partial charge in [0.25, 0.3) is 0 Å². The van der Waals surface area contributed by atoms with Crippen molar-refractivity contribution in [2.24, 2.45) is 0 Å². The summed E-state index contributed by atoms with van der Waals surface area (Å²) in [5.74, 6) is 0. The van der Waals surface area contributed by atoms with Crippen LogP contribution in [0.15, 0.2) is 0 Å². The fourth-order valence-electron chi connectivity index (χ4n) is 3.55. The fourth-order valence-corrected chi connectivity index (χ4v) is 34.4. The number of hydrogen-bond donors (Lipinski definition) is 0. The smallest absolute Gasteiger partial charge is 0.0554 e. The standard InChI is InChI=1S/C14H38SSi4/c1-16(2,3)13(17(4,5)6)15-14(18(7,8)9)19(10,11)12/h13-14H,1-12H3. The van der Waals surface area contributed by atoms with Gasteiger partial charge in [-0.2, -0.15) is 11.8 Å². The molecule has 0 bridgehead atoms. The maximum atomic E-state index is 2.59. The van der Waals surface area contributed by atoms with Gasteiger partial charge in [-0.3, -0.25) is 0 Å². The topological polar surface area (TPSA) is 0 Å². The highest BCUT2D eigenvalue weighted by Gasteiger charge is 2.45. The van der Waals surface area contributed by atoms with Crippen LogP contribution in [0.1, 0.15) is 0 Å². The molecule has 0 aromatic carbocycles. The molecule has 0 N–H and O–H groups in total. The molecule has 0 spiro atoms. The van der Waals surface area contributed by atoms with Crippen molar-refractivity contribution in [1.29, 1.82) is 0 Å². The maximum Gasteiger partial charge on any atom is 0.0554 e. The van der Waals surface area contributed by atoms with E-state index in [2.05, 4.69) is 90.3 Å². The van der Waals surface area contributed by atoms with Crippen LogP contribution in [-0.4, -0.2) is 41.3 Å². The van der Waals surface area contributed by atoms with Crippen LogP contribution in [0.5, 0.6) is 0 Å². The highest BCUT2D eigenvalue weighted by molar-refractivity contribution is 8.07. The van der Waals surface area contributed by atoms with Crippen molar-refractivity contribution >= 4 is 44.1 Å². The Morgan fingerprint density at radius 3 is 0.684 bits per heavy atom. The molecule has 0 radical (unpaired) electrons. The molecule has 0 rings (SSSR count). The molecule has 0 saturated carbocycles. The van der Waals surface area contributed by atoms with Crippen LogP contribution in [0, 0.1) is 0 Å². The molecule has 0 saturated heterocycles. The van der Waals surface area contributed by atoms with E-state index in [-0.39, 0.29) is 0 Å². The van der Waals surface area contributed by atoms with E-state index >= 15 is 0 Å². The van der Waals surface area contributed by atoms with E-state index in [4.69, 9.17) is 0 Å². The Kier molecular flexibility index (Phi) is 6.54. The zero-order valence-corrected chi connectivity index (χ0v) is 20.4. The monoisotopic (exact) mass is 350 g/mol. The molecule has 0 atom stereocenters. The van der Waals surface area contributed by atoms with Gasteiger partial charge in [0.15, 0.2) is 0 Å². The predicted molar refractivity (Wildman–Crippen MR) is 109 cm³/mol. The first-order chi connectivity index (χ1) is 7.97. The summed E-state index contributed by atoms with van der Waals surface area (Å²) in [6.45, 7) is 31.1. The minimum absolute atomic E-state index is 1.00. The number of hydrogen-bond acceptors (Lipinski definition) is 1. The summed E-state index contributed by atoms with van der Waals surface area (Å²) in [5, 5.41) is 0. The summed E-state index contributed by atoms with van der Waals surface area (Å²) in [6.07, 6.45) is 0. The number of thioether (sulfide) groups is 1. The molecule has 0 heterocycles. The molecule has 0 amide bonds. The summed E-state index contributed by atoms with van der Waals surface area (Å²) in [7, 11) is -4.29. The molecule has 0 nitrogen and oxygen atoms in total. The lowest BCUT2D eigenvalue weighted by atomic mass is 11.7. The lowest BCUT2D eigenvalue weighted by molar-refractivity contribution is 1.41. The van der Waals surface area contributed by atoms with E-state index < -0.39 is 32.3 Å². The summed E-state index contributed by atoms with van der Waals surface area (Å²) in [6, 6.07) is 0. The van der Waals surface area contributed by atoms with Crippen LogP contribution in [0.4, 0.5) is 0 Å². The average molecular weight is 351 g/mol. The Morgan fingerprint density at radius 1 is 0.421 bits per heavy atom. The third-order valence-corrected chi connectivity index (χ3v) is 30.8. The molecule has 19 heavy (non-hydrogen) atoms. The molecule has 5 heteroatoms. The van der Waals surface area contributed by atoms with Gasteiger partial charge in [0, 0.05) is 0 Å². The first kappa shape index (κ1) is 20.2. The van der Waals surface area contributed by atoms with Gasteiger partial charge < -0.3 is 0 Å². The van der Waals surface area contributed by atoms with Crippen molar-refractivity contribution in [1.82, 2.24) is 0 Å². The molecule has 0 fully saturated rings. The summed E-state index contributed by atoms with van der Waals surface area (Å²) in [4.78, 5) is 0. The second-order valence-electron chi connectivity index (χ2n) is 10.4. The zero-order chi connectivity index (χ0) is 15.9. The van der Waals surface area contributed by atoms with Gasteiger partial charge in [-0.25, -0.2) is 0 Å². The average Bonchev–Trinajstić information content (AvgIpc) is 1.91. The van der Waals surface area contributed by atoms with Crippen molar-refractivity contribution < 1.29 is 0 Å². The highest BCUT2D eigenvalue weighted by Crippen LogP contribution is 2.40.